The molecule has 0 aromatic carbocycles. The lowest BCUT2D eigenvalue weighted by Crippen LogP contribution is -2.72. The summed E-state index contributed by atoms with van der Waals surface area (Å²) >= 11 is 0. The number of rotatable bonds is 5. The molecular weight excluding hydrogens is 316 g/mol. The van der Waals surface area contributed by atoms with Crippen molar-refractivity contribution in [3.8, 4) is 0 Å². The number of nitro groups is 1. The van der Waals surface area contributed by atoms with Gasteiger partial charge in [0.15, 0.2) is 0 Å². The molecule has 2 aliphatic rings. The molecule has 2 rings (SSSR count). The minimum Gasteiger partial charge on any atom is -0.466 e. The second-order valence-electron chi connectivity index (χ2n) is 7.87. The number of hydrogen-bond donors (Lipinski definition) is 0. The van der Waals surface area contributed by atoms with Crippen LogP contribution in [0, 0.1) is 20.9 Å². The predicted molar refractivity (Wildman–Crippen MR) is 85.0 cm³/mol. The van der Waals surface area contributed by atoms with Crippen LogP contribution in [0.25, 0.3) is 0 Å². The van der Waals surface area contributed by atoms with Crippen LogP contribution in [0.4, 0.5) is 4.79 Å². The molecule has 1 atom stereocenters. The Labute approximate surface area is 141 Å². The zero-order valence-corrected chi connectivity index (χ0v) is 14.8. The SMILES string of the molecule is CCOC(=O)CC1(C[N+](=O)[O-])CCC12CN(C(=O)OC(C)(C)C)C2. The first-order valence-electron chi connectivity index (χ1n) is 8.28. The lowest BCUT2D eigenvalue weighted by Gasteiger charge is -2.65. The van der Waals surface area contributed by atoms with Gasteiger partial charge < -0.3 is 14.4 Å². The number of likely N-dealkylation sites (tertiary alicyclic amines) is 1. The summed E-state index contributed by atoms with van der Waals surface area (Å²) in [6, 6.07) is 0. The van der Waals surface area contributed by atoms with Crippen molar-refractivity contribution in [1.82, 2.24) is 4.90 Å². The molecule has 1 unspecified atom stereocenters. The van der Waals surface area contributed by atoms with Crippen molar-refractivity contribution in [2.24, 2.45) is 10.8 Å². The van der Waals surface area contributed by atoms with Crippen LogP contribution < -0.4 is 0 Å². The minimum absolute atomic E-state index is 0.0317. The van der Waals surface area contributed by atoms with Crippen LogP contribution >= 0.6 is 0 Å². The summed E-state index contributed by atoms with van der Waals surface area (Å²) in [5.41, 5.74) is -1.67. The largest absolute Gasteiger partial charge is 0.466 e. The highest BCUT2D eigenvalue weighted by atomic mass is 16.6. The van der Waals surface area contributed by atoms with Crippen molar-refractivity contribution < 1.29 is 24.0 Å². The number of ether oxygens (including phenoxy) is 2. The Morgan fingerprint density at radius 1 is 1.25 bits per heavy atom. The highest BCUT2D eigenvalue weighted by molar-refractivity contribution is 5.72. The summed E-state index contributed by atoms with van der Waals surface area (Å²) in [7, 11) is 0. The van der Waals surface area contributed by atoms with Crippen molar-refractivity contribution in [2.45, 2.75) is 52.6 Å². The molecule has 0 aromatic rings. The van der Waals surface area contributed by atoms with Crippen molar-refractivity contribution in [3.05, 3.63) is 10.1 Å². The molecule has 0 radical (unpaired) electrons. The monoisotopic (exact) mass is 342 g/mol. The van der Waals surface area contributed by atoms with Gasteiger partial charge in [0.2, 0.25) is 6.54 Å². The number of amides is 1. The maximum atomic E-state index is 12.1. The lowest BCUT2D eigenvalue weighted by molar-refractivity contribution is -0.512. The molecular formula is C16H26N2O6. The van der Waals surface area contributed by atoms with Crippen molar-refractivity contribution in [3.63, 3.8) is 0 Å². The van der Waals surface area contributed by atoms with E-state index in [2.05, 4.69) is 0 Å². The van der Waals surface area contributed by atoms with Gasteiger partial charge in [-0.05, 0) is 40.5 Å². The minimum atomic E-state index is -0.721. The summed E-state index contributed by atoms with van der Waals surface area (Å²) in [6.45, 7) is 7.87. The molecule has 0 bridgehead atoms. The fourth-order valence-corrected chi connectivity index (χ4v) is 3.78. The zero-order chi connectivity index (χ0) is 18.2. The number of carbonyl (C=O) groups is 2. The van der Waals surface area contributed by atoms with Gasteiger partial charge >= 0.3 is 12.1 Å². The van der Waals surface area contributed by atoms with E-state index in [1.165, 1.54) is 0 Å². The molecule has 1 aliphatic heterocycles. The molecule has 2 fully saturated rings. The first kappa shape index (κ1) is 18.5. The maximum Gasteiger partial charge on any atom is 0.410 e. The van der Waals surface area contributed by atoms with Crippen LogP contribution in [0.3, 0.4) is 0 Å². The third-order valence-electron chi connectivity index (χ3n) is 5.07. The second kappa shape index (κ2) is 6.22. The highest BCUT2D eigenvalue weighted by Crippen LogP contribution is 2.63. The van der Waals surface area contributed by atoms with Crippen LogP contribution in [-0.4, -0.2) is 53.7 Å². The van der Waals surface area contributed by atoms with Crippen LogP contribution in [0.15, 0.2) is 0 Å². The quantitative estimate of drug-likeness (QED) is 0.431. The van der Waals surface area contributed by atoms with Gasteiger partial charge in [0.05, 0.1) is 18.4 Å². The van der Waals surface area contributed by atoms with Crippen LogP contribution in [0.1, 0.15) is 47.0 Å². The molecule has 0 aromatic heterocycles. The molecule has 1 saturated heterocycles. The van der Waals surface area contributed by atoms with Crippen LogP contribution in [0.5, 0.6) is 0 Å². The van der Waals surface area contributed by atoms with Crippen LogP contribution in [-0.2, 0) is 14.3 Å². The van der Waals surface area contributed by atoms with Gasteiger partial charge in [-0.3, -0.25) is 14.9 Å². The number of esters is 1. The smallest absolute Gasteiger partial charge is 0.410 e. The van der Waals surface area contributed by atoms with Gasteiger partial charge in [0, 0.05) is 23.4 Å². The molecule has 1 amide bonds. The van der Waals surface area contributed by atoms with Gasteiger partial charge in [0.25, 0.3) is 0 Å². The first-order valence-corrected chi connectivity index (χ1v) is 8.28. The molecule has 24 heavy (non-hydrogen) atoms. The number of nitrogens with zero attached hydrogens (tertiary/aromatic N) is 2. The Hall–Kier alpha value is -1.86. The van der Waals surface area contributed by atoms with Crippen molar-refractivity contribution >= 4 is 12.1 Å². The average Bonchev–Trinajstić information content (AvgIpc) is 2.32. The van der Waals surface area contributed by atoms with E-state index in [-0.39, 0.29) is 29.9 Å². The van der Waals surface area contributed by atoms with E-state index in [9.17, 15) is 19.7 Å². The Morgan fingerprint density at radius 2 is 1.88 bits per heavy atom. The second-order valence-corrected chi connectivity index (χ2v) is 7.87. The van der Waals surface area contributed by atoms with E-state index >= 15 is 0 Å². The Kier molecular flexibility index (Phi) is 4.79. The van der Waals surface area contributed by atoms with Gasteiger partial charge in [-0.2, -0.15) is 0 Å². The third kappa shape index (κ3) is 3.47. The fraction of sp³-hybridized carbons (Fsp3) is 0.875. The molecule has 8 heteroatoms. The van der Waals surface area contributed by atoms with Gasteiger partial charge in [-0.25, -0.2) is 4.79 Å². The number of carbonyl (C=O) groups excluding carboxylic acids is 2. The molecule has 1 saturated carbocycles. The normalized spacial score (nSPS) is 24.8. The summed E-state index contributed by atoms with van der Waals surface area (Å²) in [5, 5.41) is 11.1. The Morgan fingerprint density at radius 3 is 2.29 bits per heavy atom. The summed E-state index contributed by atoms with van der Waals surface area (Å²) in [4.78, 5) is 36.3. The van der Waals surface area contributed by atoms with Gasteiger partial charge in [-0.1, -0.05) is 0 Å². The molecule has 136 valence electrons. The van der Waals surface area contributed by atoms with Crippen molar-refractivity contribution in [2.75, 3.05) is 26.2 Å². The van der Waals surface area contributed by atoms with Crippen molar-refractivity contribution in [1.29, 1.82) is 0 Å². The molecule has 1 heterocycles. The van der Waals surface area contributed by atoms with E-state index in [1.807, 2.05) is 0 Å². The standard InChI is InChI=1S/C16H26N2O6/c1-5-23-12(19)8-15(11-18(21)22)6-7-16(15)9-17(10-16)13(20)24-14(2,3)4/h5-11H2,1-4H3. The van der Waals surface area contributed by atoms with E-state index in [4.69, 9.17) is 9.47 Å². The van der Waals surface area contributed by atoms with Gasteiger partial charge in [-0.15, -0.1) is 0 Å². The highest BCUT2D eigenvalue weighted by Gasteiger charge is 2.68. The fourth-order valence-electron chi connectivity index (χ4n) is 3.78. The molecule has 1 spiro atoms. The molecule has 1 aliphatic carbocycles. The summed E-state index contributed by atoms with van der Waals surface area (Å²) < 4.78 is 10.3. The maximum absolute atomic E-state index is 12.1. The Bertz CT molecular complexity index is 535. The van der Waals surface area contributed by atoms with Gasteiger partial charge in [0.1, 0.15) is 5.60 Å². The van der Waals surface area contributed by atoms with Crippen LogP contribution in [0.2, 0.25) is 0 Å². The average molecular weight is 342 g/mol. The first-order chi connectivity index (χ1) is 11.0. The summed E-state index contributed by atoms with van der Waals surface area (Å²) in [5.74, 6) is -0.408. The Balaban J connectivity index is 2.05. The summed E-state index contributed by atoms with van der Waals surface area (Å²) in [6.07, 6.45) is 1.00. The topological polar surface area (TPSA) is 99.0 Å². The van der Waals surface area contributed by atoms with E-state index < -0.39 is 23.1 Å². The predicted octanol–water partition coefficient (Wildman–Crippen LogP) is 2.23. The number of hydrogen-bond acceptors (Lipinski definition) is 6. The third-order valence-corrected chi connectivity index (χ3v) is 5.07. The van der Waals surface area contributed by atoms with E-state index in [1.54, 1.807) is 32.6 Å². The lowest BCUT2D eigenvalue weighted by atomic mass is 9.45. The van der Waals surface area contributed by atoms with E-state index in [0.29, 0.717) is 19.5 Å². The zero-order valence-electron chi connectivity index (χ0n) is 14.8. The molecule has 0 N–H and O–H groups in total. The molecule has 8 nitrogen and oxygen atoms in total. The van der Waals surface area contributed by atoms with E-state index in [0.717, 1.165) is 6.42 Å².